The van der Waals surface area contributed by atoms with Crippen molar-refractivity contribution in [2.75, 3.05) is 32.0 Å². The van der Waals surface area contributed by atoms with Crippen LogP contribution < -0.4 is 24.8 Å². The number of hydrogen-bond acceptors (Lipinski definition) is 8. The highest BCUT2D eigenvalue weighted by Crippen LogP contribution is 2.38. The van der Waals surface area contributed by atoms with Crippen molar-refractivity contribution in [2.45, 2.75) is 0 Å². The van der Waals surface area contributed by atoms with Crippen molar-refractivity contribution in [1.29, 1.82) is 0 Å². The second kappa shape index (κ2) is 10.4. The van der Waals surface area contributed by atoms with Gasteiger partial charge in [-0.25, -0.2) is 0 Å². The fourth-order valence-corrected chi connectivity index (χ4v) is 3.29. The summed E-state index contributed by atoms with van der Waals surface area (Å²) >= 11 is 0. The molecule has 2 N–H and O–H groups in total. The van der Waals surface area contributed by atoms with Crippen LogP contribution in [0.15, 0.2) is 71.1 Å². The molecule has 10 nitrogen and oxygen atoms in total. The van der Waals surface area contributed by atoms with Crippen LogP contribution in [0.5, 0.6) is 17.2 Å². The molecule has 0 bridgehead atoms. The standard InChI is InChI=1S/C25H22N4O6/c1-32-19-13-17(14-20(33-2)21(19)34-3)23(31)26-18-11-7-10-16(12-18)22(30)27-25-29-28-24(35-25)15-8-5-4-6-9-15/h4-14H,1-3H3,(H,26,31)(H,27,29,30). The van der Waals surface area contributed by atoms with Crippen molar-refractivity contribution in [2.24, 2.45) is 0 Å². The molecule has 35 heavy (non-hydrogen) atoms. The lowest BCUT2D eigenvalue weighted by Gasteiger charge is -2.14. The number of methoxy groups -OCH3 is 3. The molecule has 4 rings (SSSR count). The fourth-order valence-electron chi connectivity index (χ4n) is 3.29. The number of nitrogens with zero attached hydrogens (tertiary/aromatic N) is 2. The van der Waals surface area contributed by atoms with E-state index in [4.69, 9.17) is 18.6 Å². The van der Waals surface area contributed by atoms with Crippen molar-refractivity contribution in [3.8, 4) is 28.7 Å². The molecule has 0 unspecified atom stereocenters. The Morgan fingerprint density at radius 3 is 2.09 bits per heavy atom. The molecule has 0 fully saturated rings. The first-order chi connectivity index (χ1) is 17.0. The van der Waals surface area contributed by atoms with E-state index >= 15 is 0 Å². The van der Waals surface area contributed by atoms with Gasteiger partial charge in [-0.3, -0.25) is 14.9 Å². The molecule has 1 aromatic heterocycles. The fraction of sp³-hybridized carbons (Fsp3) is 0.120. The maximum absolute atomic E-state index is 12.9. The highest BCUT2D eigenvalue weighted by atomic mass is 16.5. The van der Waals surface area contributed by atoms with Gasteiger partial charge in [0.2, 0.25) is 11.6 Å². The molecule has 4 aromatic rings. The van der Waals surface area contributed by atoms with Gasteiger partial charge in [0, 0.05) is 22.4 Å². The molecule has 3 aromatic carbocycles. The minimum Gasteiger partial charge on any atom is -0.493 e. The van der Waals surface area contributed by atoms with Crippen molar-refractivity contribution < 1.29 is 28.2 Å². The predicted octanol–water partition coefficient (Wildman–Crippen LogP) is 4.27. The van der Waals surface area contributed by atoms with Crippen molar-refractivity contribution in [3.05, 3.63) is 77.9 Å². The van der Waals surface area contributed by atoms with Gasteiger partial charge in [-0.15, -0.1) is 5.10 Å². The first-order valence-corrected chi connectivity index (χ1v) is 10.4. The summed E-state index contributed by atoms with van der Waals surface area (Å²) in [4.78, 5) is 25.6. The Kier molecular flexibility index (Phi) is 6.91. The Hall–Kier alpha value is -4.86. The van der Waals surface area contributed by atoms with E-state index in [1.165, 1.54) is 39.5 Å². The van der Waals surface area contributed by atoms with Crippen LogP contribution in [0.2, 0.25) is 0 Å². The van der Waals surface area contributed by atoms with Gasteiger partial charge < -0.3 is 23.9 Å². The normalized spacial score (nSPS) is 10.4. The number of carbonyl (C=O) groups excluding carboxylic acids is 2. The van der Waals surface area contributed by atoms with Gasteiger partial charge in [0.25, 0.3) is 11.8 Å². The lowest BCUT2D eigenvalue weighted by Crippen LogP contribution is -2.15. The third kappa shape index (κ3) is 5.22. The maximum atomic E-state index is 12.9. The van der Waals surface area contributed by atoms with Crippen LogP contribution in [0, 0.1) is 0 Å². The highest BCUT2D eigenvalue weighted by Gasteiger charge is 2.18. The third-order valence-electron chi connectivity index (χ3n) is 4.98. The van der Waals surface area contributed by atoms with Gasteiger partial charge in [-0.1, -0.05) is 29.4 Å². The molecule has 178 valence electrons. The minimum absolute atomic E-state index is 0.0410. The Morgan fingerprint density at radius 1 is 0.743 bits per heavy atom. The van der Waals surface area contributed by atoms with E-state index in [9.17, 15) is 9.59 Å². The van der Waals surface area contributed by atoms with Gasteiger partial charge in [-0.2, -0.15) is 0 Å². The zero-order chi connectivity index (χ0) is 24.8. The molecule has 0 aliphatic carbocycles. The van der Waals surface area contributed by atoms with Crippen LogP contribution in [0.3, 0.4) is 0 Å². The Morgan fingerprint density at radius 2 is 1.43 bits per heavy atom. The summed E-state index contributed by atoms with van der Waals surface area (Å²) in [5, 5.41) is 13.1. The molecule has 1 heterocycles. The number of aromatic nitrogens is 2. The highest BCUT2D eigenvalue weighted by molar-refractivity contribution is 6.07. The van der Waals surface area contributed by atoms with Crippen LogP contribution in [-0.2, 0) is 0 Å². The second-order valence-electron chi connectivity index (χ2n) is 7.18. The second-order valence-corrected chi connectivity index (χ2v) is 7.18. The Labute approximate surface area is 200 Å². The molecule has 10 heteroatoms. The molecule has 2 amide bonds. The zero-order valence-electron chi connectivity index (χ0n) is 19.2. The van der Waals surface area contributed by atoms with Gasteiger partial charge in [-0.05, 0) is 42.5 Å². The molecule has 0 spiro atoms. The van der Waals surface area contributed by atoms with Gasteiger partial charge in [0.1, 0.15) is 0 Å². The topological polar surface area (TPSA) is 125 Å². The summed E-state index contributed by atoms with van der Waals surface area (Å²) in [5.41, 5.74) is 1.71. The maximum Gasteiger partial charge on any atom is 0.322 e. The van der Waals surface area contributed by atoms with Crippen LogP contribution in [-0.4, -0.2) is 43.3 Å². The number of rotatable bonds is 8. The Balaban J connectivity index is 1.48. The van der Waals surface area contributed by atoms with Crippen LogP contribution in [0.4, 0.5) is 11.7 Å². The molecule has 0 saturated heterocycles. The largest absolute Gasteiger partial charge is 0.493 e. The smallest absolute Gasteiger partial charge is 0.322 e. The molecule has 0 aliphatic heterocycles. The molecular weight excluding hydrogens is 452 g/mol. The summed E-state index contributed by atoms with van der Waals surface area (Å²) in [6.07, 6.45) is 0. The average molecular weight is 474 g/mol. The first kappa shape index (κ1) is 23.3. The minimum atomic E-state index is -0.475. The number of amides is 2. The van der Waals surface area contributed by atoms with Crippen molar-refractivity contribution in [1.82, 2.24) is 10.2 Å². The van der Waals surface area contributed by atoms with E-state index < -0.39 is 11.8 Å². The number of benzene rings is 3. The lowest BCUT2D eigenvalue weighted by atomic mass is 10.1. The monoisotopic (exact) mass is 474 g/mol. The SMILES string of the molecule is COc1cc(C(=O)Nc2cccc(C(=O)Nc3nnc(-c4ccccc4)o3)c2)cc(OC)c1OC. The quantitative estimate of drug-likeness (QED) is 0.388. The third-order valence-corrected chi connectivity index (χ3v) is 4.98. The number of hydrogen-bond donors (Lipinski definition) is 2. The van der Waals surface area contributed by atoms with Crippen molar-refractivity contribution in [3.63, 3.8) is 0 Å². The summed E-state index contributed by atoms with van der Waals surface area (Å²) in [6.45, 7) is 0. The number of nitrogens with one attached hydrogen (secondary N) is 2. The molecule has 0 aliphatic rings. The summed E-state index contributed by atoms with van der Waals surface area (Å²) in [5.74, 6) is 0.455. The van der Waals surface area contributed by atoms with Crippen LogP contribution >= 0.6 is 0 Å². The van der Waals surface area contributed by atoms with Crippen LogP contribution in [0.1, 0.15) is 20.7 Å². The molecule has 0 saturated carbocycles. The van der Waals surface area contributed by atoms with E-state index in [2.05, 4.69) is 20.8 Å². The van der Waals surface area contributed by atoms with E-state index in [1.807, 2.05) is 30.3 Å². The van der Waals surface area contributed by atoms with E-state index in [0.717, 1.165) is 5.56 Å². The van der Waals surface area contributed by atoms with Crippen LogP contribution in [0.25, 0.3) is 11.5 Å². The van der Waals surface area contributed by atoms with E-state index in [1.54, 1.807) is 18.2 Å². The van der Waals surface area contributed by atoms with Gasteiger partial charge in [0.15, 0.2) is 11.5 Å². The molecule has 0 radical (unpaired) electrons. The predicted molar refractivity (Wildman–Crippen MR) is 128 cm³/mol. The average Bonchev–Trinajstić information content (AvgIpc) is 3.36. The number of carbonyl (C=O) groups is 2. The van der Waals surface area contributed by atoms with E-state index in [-0.39, 0.29) is 23.0 Å². The summed E-state index contributed by atoms with van der Waals surface area (Å²) in [6, 6.07) is 18.6. The summed E-state index contributed by atoms with van der Waals surface area (Å²) in [7, 11) is 4.41. The lowest BCUT2D eigenvalue weighted by molar-refractivity contribution is 0.101. The van der Waals surface area contributed by atoms with E-state index in [0.29, 0.717) is 22.9 Å². The summed E-state index contributed by atoms with van der Waals surface area (Å²) < 4.78 is 21.4. The number of ether oxygens (including phenoxy) is 3. The Bertz CT molecular complexity index is 1330. The van der Waals surface area contributed by atoms with Crippen molar-refractivity contribution >= 4 is 23.5 Å². The number of anilines is 2. The van der Waals surface area contributed by atoms with Gasteiger partial charge in [0.05, 0.1) is 21.3 Å². The first-order valence-electron chi connectivity index (χ1n) is 10.4. The zero-order valence-corrected chi connectivity index (χ0v) is 19.2. The molecule has 0 atom stereocenters. The molecular formula is C25H22N4O6. The van der Waals surface area contributed by atoms with Gasteiger partial charge >= 0.3 is 6.01 Å².